The molecule has 1 fully saturated rings. The third kappa shape index (κ3) is 5.54. The lowest BCUT2D eigenvalue weighted by molar-refractivity contribution is -0.121. The van der Waals surface area contributed by atoms with Gasteiger partial charge >= 0.3 is 0 Å². The zero-order valence-electron chi connectivity index (χ0n) is 18.6. The van der Waals surface area contributed by atoms with E-state index >= 15 is 0 Å². The summed E-state index contributed by atoms with van der Waals surface area (Å²) in [6.45, 7) is 5.53. The molecule has 4 rings (SSSR count). The Labute approximate surface area is 208 Å². The van der Waals surface area contributed by atoms with Crippen LogP contribution in [-0.2, 0) is 4.79 Å². The van der Waals surface area contributed by atoms with Crippen LogP contribution in [-0.4, -0.2) is 40.6 Å². The topological polar surface area (TPSA) is 38.8 Å². The number of hydrogen-bond donors (Lipinski definition) is 0. The number of amides is 1. The molecule has 1 heterocycles. The zero-order chi connectivity index (χ0) is 23.2. The van der Waals surface area contributed by atoms with E-state index in [-0.39, 0.29) is 5.91 Å². The average molecular weight is 496 g/mol. The summed E-state index contributed by atoms with van der Waals surface area (Å²) in [5.74, 6) is 2.15. The zero-order valence-corrected chi connectivity index (χ0v) is 21.0. The van der Waals surface area contributed by atoms with Crippen molar-refractivity contribution in [2.45, 2.75) is 18.7 Å². The summed E-state index contributed by atoms with van der Waals surface area (Å²) in [6.07, 6.45) is 1.86. The van der Waals surface area contributed by atoms with Gasteiger partial charge < -0.3 is 9.47 Å². The predicted molar refractivity (Wildman–Crippen MR) is 143 cm³/mol. The molecule has 1 amide bonds. The number of benzene rings is 3. The highest BCUT2D eigenvalue weighted by atomic mass is 32.2. The monoisotopic (exact) mass is 495 g/mol. The van der Waals surface area contributed by atoms with Gasteiger partial charge in [-0.05, 0) is 54.5 Å². The number of nitrogens with zero attached hydrogens (tertiary/aromatic N) is 1. The van der Waals surface area contributed by atoms with E-state index in [9.17, 15) is 4.79 Å². The fraction of sp³-hybridized carbons (Fsp3) is 0.231. The van der Waals surface area contributed by atoms with E-state index in [2.05, 4.69) is 42.5 Å². The second-order valence-electron chi connectivity index (χ2n) is 7.24. The van der Waals surface area contributed by atoms with Gasteiger partial charge in [0.2, 0.25) is 0 Å². The van der Waals surface area contributed by atoms with E-state index in [4.69, 9.17) is 21.7 Å². The lowest BCUT2D eigenvalue weighted by Crippen LogP contribution is -2.27. The standard InChI is InChI=1S/C26H25NO3S3/c1-3-27-25(28)24(33-26(27)31)17-18-12-13-21(22(16-18)29-4-2)30-14-15-32-23-11-7-9-19-8-5-6-10-20(19)23/h5-13,16-17H,3-4,14-15H2,1-2H3. The Morgan fingerprint density at radius 1 is 1.03 bits per heavy atom. The molecule has 3 aromatic rings. The first-order valence-corrected chi connectivity index (χ1v) is 13.1. The predicted octanol–water partition coefficient (Wildman–Crippen LogP) is 6.63. The van der Waals surface area contributed by atoms with Crippen molar-refractivity contribution < 1.29 is 14.3 Å². The van der Waals surface area contributed by atoms with Gasteiger partial charge in [-0.2, -0.15) is 0 Å². The second kappa shape index (κ2) is 11.1. The normalized spacial score (nSPS) is 15.0. The molecule has 0 unspecified atom stereocenters. The van der Waals surface area contributed by atoms with E-state index in [1.807, 2.05) is 38.1 Å². The molecule has 0 atom stereocenters. The second-order valence-corrected chi connectivity index (χ2v) is 10.1. The van der Waals surface area contributed by atoms with Crippen molar-refractivity contribution in [2.75, 3.05) is 25.5 Å². The van der Waals surface area contributed by atoms with Crippen LogP contribution in [0.4, 0.5) is 0 Å². The Hall–Kier alpha value is -2.48. The minimum absolute atomic E-state index is 0.0451. The van der Waals surface area contributed by atoms with Crippen LogP contribution in [0.15, 0.2) is 70.5 Å². The van der Waals surface area contributed by atoms with Crippen molar-refractivity contribution >= 4 is 62.8 Å². The highest BCUT2D eigenvalue weighted by molar-refractivity contribution is 8.26. The van der Waals surface area contributed by atoms with Gasteiger partial charge in [0, 0.05) is 17.2 Å². The molecule has 0 saturated carbocycles. The molecule has 4 nitrogen and oxygen atoms in total. The van der Waals surface area contributed by atoms with Crippen molar-refractivity contribution in [3.8, 4) is 11.5 Å². The van der Waals surface area contributed by atoms with Crippen molar-refractivity contribution in [3.63, 3.8) is 0 Å². The SMILES string of the molecule is CCOc1cc(C=C2SC(=S)N(CC)C2=O)ccc1OCCSc1cccc2ccccc12. The summed E-state index contributed by atoms with van der Waals surface area (Å²) in [4.78, 5) is 16.0. The molecule has 0 radical (unpaired) electrons. The van der Waals surface area contributed by atoms with Crippen LogP contribution in [0.1, 0.15) is 19.4 Å². The third-order valence-electron chi connectivity index (χ3n) is 5.10. The fourth-order valence-corrected chi connectivity index (χ4v) is 5.84. The van der Waals surface area contributed by atoms with E-state index in [0.717, 1.165) is 11.3 Å². The fourth-order valence-electron chi connectivity index (χ4n) is 3.55. The van der Waals surface area contributed by atoms with Crippen LogP contribution in [0.3, 0.4) is 0 Å². The molecule has 1 aliphatic heterocycles. The maximum Gasteiger partial charge on any atom is 0.266 e. The molecule has 0 aromatic heterocycles. The molecule has 1 aliphatic rings. The van der Waals surface area contributed by atoms with Gasteiger partial charge in [0.15, 0.2) is 11.5 Å². The Morgan fingerprint density at radius 3 is 2.64 bits per heavy atom. The Balaban J connectivity index is 1.42. The number of fused-ring (bicyclic) bond motifs is 1. The van der Waals surface area contributed by atoms with Crippen LogP contribution in [0.5, 0.6) is 11.5 Å². The number of thioether (sulfide) groups is 2. The maximum absolute atomic E-state index is 12.5. The minimum atomic E-state index is -0.0451. The first kappa shape index (κ1) is 23.7. The van der Waals surface area contributed by atoms with E-state index in [0.29, 0.717) is 40.5 Å². The van der Waals surface area contributed by atoms with Gasteiger partial charge in [-0.3, -0.25) is 9.69 Å². The minimum Gasteiger partial charge on any atom is -0.490 e. The van der Waals surface area contributed by atoms with Gasteiger partial charge in [0.05, 0.1) is 18.1 Å². The number of likely N-dealkylation sites (N-methyl/N-ethyl adjacent to an activating group) is 1. The number of hydrogen-bond acceptors (Lipinski definition) is 6. The maximum atomic E-state index is 12.5. The Morgan fingerprint density at radius 2 is 1.85 bits per heavy atom. The van der Waals surface area contributed by atoms with Gasteiger partial charge in [-0.25, -0.2) is 0 Å². The van der Waals surface area contributed by atoms with E-state index in [1.54, 1.807) is 16.7 Å². The van der Waals surface area contributed by atoms with Crippen molar-refractivity contribution in [3.05, 3.63) is 71.1 Å². The molecule has 170 valence electrons. The Kier molecular flexibility index (Phi) is 7.96. The first-order chi connectivity index (χ1) is 16.1. The lowest BCUT2D eigenvalue weighted by Gasteiger charge is -2.13. The molecule has 0 N–H and O–H groups in total. The summed E-state index contributed by atoms with van der Waals surface area (Å²) in [5, 5.41) is 2.51. The molecular formula is C26H25NO3S3. The van der Waals surface area contributed by atoms with Crippen LogP contribution in [0.2, 0.25) is 0 Å². The third-order valence-corrected chi connectivity index (χ3v) is 7.52. The molecule has 0 aliphatic carbocycles. The number of ether oxygens (including phenoxy) is 2. The van der Waals surface area contributed by atoms with Crippen molar-refractivity contribution in [1.29, 1.82) is 0 Å². The van der Waals surface area contributed by atoms with Crippen molar-refractivity contribution in [1.82, 2.24) is 4.90 Å². The molecule has 33 heavy (non-hydrogen) atoms. The lowest BCUT2D eigenvalue weighted by atomic mass is 10.1. The van der Waals surface area contributed by atoms with Gasteiger partial charge in [-0.15, -0.1) is 11.8 Å². The summed E-state index contributed by atoms with van der Waals surface area (Å²) in [7, 11) is 0. The number of carbonyl (C=O) groups is 1. The average Bonchev–Trinajstić information content (AvgIpc) is 3.10. The molecule has 0 spiro atoms. The number of carbonyl (C=O) groups excluding carboxylic acids is 1. The summed E-state index contributed by atoms with van der Waals surface area (Å²) in [6, 6.07) is 20.5. The van der Waals surface area contributed by atoms with Gasteiger partial charge in [-0.1, -0.05) is 66.4 Å². The largest absolute Gasteiger partial charge is 0.490 e. The first-order valence-electron chi connectivity index (χ1n) is 10.9. The smallest absolute Gasteiger partial charge is 0.266 e. The Bertz CT molecular complexity index is 1200. The molecule has 0 bridgehead atoms. The summed E-state index contributed by atoms with van der Waals surface area (Å²) < 4.78 is 12.5. The highest BCUT2D eigenvalue weighted by Crippen LogP contribution is 2.35. The quantitative estimate of drug-likeness (QED) is 0.144. The van der Waals surface area contributed by atoms with Crippen molar-refractivity contribution in [2.24, 2.45) is 0 Å². The van der Waals surface area contributed by atoms with Gasteiger partial charge in [0.1, 0.15) is 4.32 Å². The van der Waals surface area contributed by atoms with Crippen LogP contribution < -0.4 is 9.47 Å². The number of thiocarbonyl (C=S) groups is 1. The summed E-state index contributed by atoms with van der Waals surface area (Å²) >= 11 is 8.42. The van der Waals surface area contributed by atoms with E-state index in [1.165, 1.54) is 27.4 Å². The number of rotatable bonds is 9. The highest BCUT2D eigenvalue weighted by Gasteiger charge is 2.30. The molecular weight excluding hydrogens is 470 g/mol. The van der Waals surface area contributed by atoms with Crippen LogP contribution >= 0.6 is 35.7 Å². The van der Waals surface area contributed by atoms with E-state index < -0.39 is 0 Å². The molecule has 3 aromatic carbocycles. The molecule has 1 saturated heterocycles. The van der Waals surface area contributed by atoms with Crippen LogP contribution in [0.25, 0.3) is 16.8 Å². The molecule has 7 heteroatoms. The van der Waals surface area contributed by atoms with Crippen LogP contribution in [0, 0.1) is 0 Å². The summed E-state index contributed by atoms with van der Waals surface area (Å²) in [5.41, 5.74) is 0.882. The van der Waals surface area contributed by atoms with Gasteiger partial charge in [0.25, 0.3) is 5.91 Å².